The number of rotatable bonds is 4. The Morgan fingerprint density at radius 2 is 2.06 bits per heavy atom. The van der Waals surface area contributed by atoms with Crippen LogP contribution in [0.2, 0.25) is 0 Å². The molecule has 86 valence electrons. The standard InChI is InChI=1S/C9H8O7/c1-13-7(10)2-3-8(11)14-4-6-5-15-9(12)16-6/h2-3,5H,4H2,1H3/b3-2+. The highest BCUT2D eigenvalue weighted by Gasteiger charge is 2.04. The number of methoxy groups -OCH3 is 1. The monoisotopic (exact) mass is 228 g/mol. The van der Waals surface area contributed by atoms with Gasteiger partial charge in [0.1, 0.15) is 6.26 Å². The van der Waals surface area contributed by atoms with Crippen molar-refractivity contribution in [1.29, 1.82) is 0 Å². The van der Waals surface area contributed by atoms with Gasteiger partial charge in [-0.15, -0.1) is 0 Å². The van der Waals surface area contributed by atoms with Crippen LogP contribution in [0.5, 0.6) is 0 Å². The third-order valence-corrected chi connectivity index (χ3v) is 1.41. The third kappa shape index (κ3) is 3.82. The molecule has 0 radical (unpaired) electrons. The van der Waals surface area contributed by atoms with Gasteiger partial charge in [-0.3, -0.25) is 0 Å². The molecular formula is C9H8O7. The molecule has 7 nitrogen and oxygen atoms in total. The topological polar surface area (TPSA) is 96.0 Å². The van der Waals surface area contributed by atoms with Crippen molar-refractivity contribution in [2.45, 2.75) is 6.61 Å². The van der Waals surface area contributed by atoms with Crippen molar-refractivity contribution in [3.8, 4) is 0 Å². The molecule has 0 aliphatic rings. The maximum Gasteiger partial charge on any atom is 0.518 e. The Bertz CT molecular complexity index is 450. The van der Waals surface area contributed by atoms with E-state index in [1.54, 1.807) is 0 Å². The zero-order chi connectivity index (χ0) is 12.0. The summed E-state index contributed by atoms with van der Waals surface area (Å²) < 4.78 is 17.6. The minimum atomic E-state index is -0.879. The van der Waals surface area contributed by atoms with Crippen molar-refractivity contribution in [1.82, 2.24) is 0 Å². The second-order valence-electron chi connectivity index (χ2n) is 2.52. The zero-order valence-electron chi connectivity index (χ0n) is 8.30. The predicted octanol–water partition coefficient (Wildman–Crippen LogP) is 0.00520. The average Bonchev–Trinajstić information content (AvgIpc) is 2.69. The van der Waals surface area contributed by atoms with E-state index in [1.807, 2.05) is 0 Å². The quantitative estimate of drug-likeness (QED) is 0.528. The highest BCUT2D eigenvalue weighted by Crippen LogP contribution is 1.98. The number of carbonyl (C=O) groups is 2. The van der Waals surface area contributed by atoms with Gasteiger partial charge in [-0.2, -0.15) is 0 Å². The largest absolute Gasteiger partial charge is 0.518 e. The number of esters is 2. The maximum absolute atomic E-state index is 11.0. The van der Waals surface area contributed by atoms with Crippen molar-refractivity contribution >= 4 is 11.9 Å². The van der Waals surface area contributed by atoms with Crippen molar-refractivity contribution in [3.05, 3.63) is 34.8 Å². The third-order valence-electron chi connectivity index (χ3n) is 1.41. The lowest BCUT2D eigenvalue weighted by atomic mass is 10.5. The highest BCUT2D eigenvalue weighted by atomic mass is 16.6. The lowest BCUT2D eigenvalue weighted by Crippen LogP contribution is -2.02. The molecule has 0 fully saturated rings. The fraction of sp³-hybridized carbons (Fsp3) is 0.222. The summed E-state index contributed by atoms with van der Waals surface area (Å²) in [4.78, 5) is 32.0. The van der Waals surface area contributed by atoms with Crippen molar-refractivity contribution in [2.24, 2.45) is 0 Å². The zero-order valence-corrected chi connectivity index (χ0v) is 8.30. The van der Waals surface area contributed by atoms with Gasteiger partial charge in [0.25, 0.3) is 0 Å². The first-order chi connectivity index (χ1) is 7.61. The molecule has 0 bridgehead atoms. The van der Waals surface area contributed by atoms with E-state index in [2.05, 4.69) is 18.3 Å². The van der Waals surface area contributed by atoms with Crippen LogP contribution in [0.15, 0.2) is 32.0 Å². The van der Waals surface area contributed by atoms with Crippen LogP contribution in [0.25, 0.3) is 0 Å². The average molecular weight is 228 g/mol. The molecule has 1 aromatic rings. The van der Waals surface area contributed by atoms with Gasteiger partial charge in [-0.05, 0) is 0 Å². The van der Waals surface area contributed by atoms with E-state index in [-0.39, 0.29) is 12.4 Å². The minimum Gasteiger partial charge on any atom is -0.466 e. The van der Waals surface area contributed by atoms with Gasteiger partial charge < -0.3 is 18.3 Å². The summed E-state index contributed by atoms with van der Waals surface area (Å²) in [6.07, 6.45) is 2.83. The normalized spacial score (nSPS) is 10.3. The molecule has 0 aliphatic heterocycles. The number of hydrogen-bond acceptors (Lipinski definition) is 7. The Kier molecular flexibility index (Phi) is 4.07. The van der Waals surface area contributed by atoms with Crippen LogP contribution < -0.4 is 5.82 Å². The van der Waals surface area contributed by atoms with E-state index in [1.165, 1.54) is 7.11 Å². The summed E-state index contributed by atoms with van der Waals surface area (Å²) in [6, 6.07) is 0. The van der Waals surface area contributed by atoms with Crippen LogP contribution in [0.3, 0.4) is 0 Å². The van der Waals surface area contributed by atoms with E-state index < -0.39 is 17.8 Å². The van der Waals surface area contributed by atoms with E-state index in [9.17, 15) is 14.4 Å². The van der Waals surface area contributed by atoms with Crippen molar-refractivity contribution < 1.29 is 27.9 Å². The first kappa shape index (κ1) is 11.8. The van der Waals surface area contributed by atoms with E-state index in [4.69, 9.17) is 0 Å². The molecule has 0 spiro atoms. The molecule has 1 rings (SSSR count). The molecule has 1 heterocycles. The summed E-state index contributed by atoms with van der Waals surface area (Å²) in [5.41, 5.74) is 0. The second kappa shape index (κ2) is 5.54. The Hall–Kier alpha value is -2.31. The lowest BCUT2D eigenvalue weighted by Gasteiger charge is -1.96. The number of ether oxygens (including phenoxy) is 2. The fourth-order valence-electron chi connectivity index (χ4n) is 0.727. The Morgan fingerprint density at radius 1 is 1.38 bits per heavy atom. The van der Waals surface area contributed by atoms with E-state index in [0.717, 1.165) is 18.4 Å². The van der Waals surface area contributed by atoms with Crippen LogP contribution in [0.4, 0.5) is 0 Å². The Balaban J connectivity index is 2.38. The van der Waals surface area contributed by atoms with Crippen LogP contribution >= 0.6 is 0 Å². The lowest BCUT2D eigenvalue weighted by molar-refractivity contribution is -0.140. The maximum atomic E-state index is 11.0. The fourth-order valence-corrected chi connectivity index (χ4v) is 0.727. The molecular weight excluding hydrogens is 220 g/mol. The van der Waals surface area contributed by atoms with Crippen LogP contribution in [-0.2, 0) is 25.7 Å². The SMILES string of the molecule is COC(=O)/C=C/C(=O)OCc1coc(=O)o1. The molecule has 0 amide bonds. The Morgan fingerprint density at radius 3 is 2.62 bits per heavy atom. The predicted molar refractivity (Wildman–Crippen MR) is 48.2 cm³/mol. The van der Waals surface area contributed by atoms with Gasteiger partial charge in [0.05, 0.1) is 7.11 Å². The van der Waals surface area contributed by atoms with Crippen LogP contribution in [0.1, 0.15) is 5.76 Å². The van der Waals surface area contributed by atoms with Gasteiger partial charge >= 0.3 is 17.8 Å². The molecule has 0 saturated heterocycles. The van der Waals surface area contributed by atoms with Crippen molar-refractivity contribution in [3.63, 3.8) is 0 Å². The first-order valence-electron chi connectivity index (χ1n) is 4.12. The molecule has 0 atom stereocenters. The molecule has 0 unspecified atom stereocenters. The van der Waals surface area contributed by atoms with E-state index >= 15 is 0 Å². The van der Waals surface area contributed by atoms with E-state index in [0.29, 0.717) is 0 Å². The molecule has 7 heteroatoms. The highest BCUT2D eigenvalue weighted by molar-refractivity contribution is 5.91. The van der Waals surface area contributed by atoms with Gasteiger partial charge in [0.2, 0.25) is 0 Å². The second-order valence-corrected chi connectivity index (χ2v) is 2.52. The summed E-state index contributed by atoms with van der Waals surface area (Å²) in [6.45, 7) is -0.254. The summed E-state index contributed by atoms with van der Waals surface area (Å²) in [7, 11) is 1.18. The first-order valence-corrected chi connectivity index (χ1v) is 4.12. The minimum absolute atomic E-state index is 0.0739. The summed E-state index contributed by atoms with van der Waals surface area (Å²) in [5.74, 6) is -2.25. The van der Waals surface area contributed by atoms with Gasteiger partial charge in [0.15, 0.2) is 12.4 Å². The Labute approximate surface area is 89.2 Å². The molecule has 1 aromatic heterocycles. The summed E-state index contributed by atoms with van der Waals surface area (Å²) >= 11 is 0. The molecule has 0 saturated carbocycles. The molecule has 16 heavy (non-hydrogen) atoms. The van der Waals surface area contributed by atoms with Crippen molar-refractivity contribution in [2.75, 3.05) is 7.11 Å². The number of hydrogen-bond donors (Lipinski definition) is 0. The van der Waals surface area contributed by atoms with Gasteiger partial charge in [-0.25, -0.2) is 14.4 Å². The van der Waals surface area contributed by atoms with Gasteiger partial charge in [0, 0.05) is 12.2 Å². The summed E-state index contributed by atoms with van der Waals surface area (Å²) in [5, 5.41) is 0. The molecule has 0 aromatic carbocycles. The van der Waals surface area contributed by atoms with Crippen LogP contribution in [0, 0.1) is 0 Å². The van der Waals surface area contributed by atoms with Gasteiger partial charge in [-0.1, -0.05) is 0 Å². The smallest absolute Gasteiger partial charge is 0.466 e. The molecule has 0 N–H and O–H groups in total. The number of carbonyl (C=O) groups excluding carboxylic acids is 2. The molecule has 0 aliphatic carbocycles. The van der Waals surface area contributed by atoms with Crippen LogP contribution in [-0.4, -0.2) is 19.0 Å².